The van der Waals surface area contributed by atoms with Gasteiger partial charge in [-0.3, -0.25) is 14.5 Å². The number of rotatable bonds is 3. The van der Waals surface area contributed by atoms with E-state index in [0.29, 0.717) is 10.7 Å². The van der Waals surface area contributed by atoms with Crippen molar-refractivity contribution in [2.24, 2.45) is 5.41 Å². The minimum Gasteiger partial charge on any atom is -0.365 e. The van der Waals surface area contributed by atoms with Gasteiger partial charge in [-0.05, 0) is 48.4 Å². The van der Waals surface area contributed by atoms with Crippen molar-refractivity contribution in [3.63, 3.8) is 0 Å². The summed E-state index contributed by atoms with van der Waals surface area (Å²) < 4.78 is 0. The standard InChI is InChI=1S/C30H33ClN4O2/c1-19-18-34(15-16-35(19)26-14-13-20(17-24(26)31)32-29(37)30(2,3)4)27-21-9-5-6-10-22(21)28(36)33-25-12-8-7-11-23(25)27/h5-14,17,19,27H,15-16,18H2,1-4H3,(H,32,37)(H,33,36)/t19-,27?/m1/s1. The van der Waals surface area contributed by atoms with Crippen LogP contribution in [0.1, 0.15) is 55.2 Å². The molecule has 192 valence electrons. The van der Waals surface area contributed by atoms with Crippen LogP contribution in [0.25, 0.3) is 0 Å². The number of para-hydroxylation sites is 1. The number of carbonyl (C=O) groups excluding carboxylic acids is 2. The van der Waals surface area contributed by atoms with Crippen LogP contribution in [0.2, 0.25) is 5.02 Å². The molecule has 2 N–H and O–H groups in total. The van der Waals surface area contributed by atoms with Crippen LogP contribution in [0.4, 0.5) is 17.1 Å². The van der Waals surface area contributed by atoms with Crippen molar-refractivity contribution in [3.8, 4) is 0 Å². The summed E-state index contributed by atoms with van der Waals surface area (Å²) in [6.45, 7) is 10.3. The summed E-state index contributed by atoms with van der Waals surface area (Å²) in [5.41, 5.74) is 4.89. The molecule has 0 bridgehead atoms. The third kappa shape index (κ3) is 4.96. The van der Waals surface area contributed by atoms with Crippen LogP contribution in [0.3, 0.4) is 0 Å². The van der Waals surface area contributed by atoms with Gasteiger partial charge >= 0.3 is 0 Å². The Labute approximate surface area is 223 Å². The van der Waals surface area contributed by atoms with Crippen molar-refractivity contribution < 1.29 is 9.59 Å². The monoisotopic (exact) mass is 516 g/mol. The van der Waals surface area contributed by atoms with E-state index in [-0.39, 0.29) is 23.9 Å². The molecular formula is C30H33ClN4O2. The second-order valence-electron chi connectivity index (χ2n) is 10.9. The Balaban J connectivity index is 1.40. The summed E-state index contributed by atoms with van der Waals surface area (Å²) >= 11 is 6.73. The first-order valence-electron chi connectivity index (χ1n) is 12.7. The number of carbonyl (C=O) groups is 2. The minimum atomic E-state index is -0.481. The van der Waals surface area contributed by atoms with Crippen LogP contribution < -0.4 is 15.5 Å². The number of fused-ring (bicyclic) bond motifs is 2. The Bertz CT molecular complexity index is 1350. The van der Waals surface area contributed by atoms with Gasteiger partial charge in [-0.25, -0.2) is 0 Å². The van der Waals surface area contributed by atoms with Gasteiger partial charge in [-0.2, -0.15) is 0 Å². The van der Waals surface area contributed by atoms with Gasteiger partial charge in [0, 0.05) is 48.0 Å². The van der Waals surface area contributed by atoms with Gasteiger partial charge in [0.1, 0.15) is 0 Å². The zero-order valence-electron chi connectivity index (χ0n) is 21.7. The highest BCUT2D eigenvalue weighted by Gasteiger charge is 2.35. The van der Waals surface area contributed by atoms with Crippen LogP contribution in [0.15, 0.2) is 66.7 Å². The number of nitrogens with one attached hydrogen (secondary N) is 2. The quantitative estimate of drug-likeness (QED) is 0.435. The van der Waals surface area contributed by atoms with Crippen molar-refractivity contribution >= 4 is 40.5 Å². The Morgan fingerprint density at radius 2 is 1.70 bits per heavy atom. The summed E-state index contributed by atoms with van der Waals surface area (Å²) in [7, 11) is 0. The molecule has 37 heavy (non-hydrogen) atoms. The highest BCUT2D eigenvalue weighted by atomic mass is 35.5. The Hall–Kier alpha value is -3.35. The fraction of sp³-hybridized carbons (Fsp3) is 0.333. The van der Waals surface area contributed by atoms with Gasteiger partial charge < -0.3 is 15.5 Å². The van der Waals surface area contributed by atoms with E-state index in [0.717, 1.165) is 47.7 Å². The lowest BCUT2D eigenvalue weighted by atomic mass is 9.92. The van der Waals surface area contributed by atoms with Crippen LogP contribution in [-0.4, -0.2) is 42.4 Å². The molecule has 3 aromatic rings. The van der Waals surface area contributed by atoms with E-state index in [4.69, 9.17) is 11.6 Å². The molecule has 1 saturated heterocycles. The van der Waals surface area contributed by atoms with Crippen molar-refractivity contribution in [3.05, 3.63) is 88.4 Å². The molecule has 0 spiro atoms. The fourth-order valence-corrected chi connectivity index (χ4v) is 5.55. The van der Waals surface area contributed by atoms with Gasteiger partial charge in [0.15, 0.2) is 0 Å². The van der Waals surface area contributed by atoms with Gasteiger partial charge in [0.05, 0.1) is 16.8 Å². The second kappa shape index (κ2) is 9.84. The lowest BCUT2D eigenvalue weighted by Gasteiger charge is -2.45. The first kappa shape index (κ1) is 25.3. The zero-order chi connectivity index (χ0) is 26.3. The molecule has 2 amide bonds. The third-order valence-electron chi connectivity index (χ3n) is 7.22. The van der Waals surface area contributed by atoms with Crippen molar-refractivity contribution in [1.29, 1.82) is 0 Å². The number of anilines is 3. The van der Waals surface area contributed by atoms with E-state index in [1.807, 2.05) is 75.4 Å². The highest BCUT2D eigenvalue weighted by Crippen LogP contribution is 2.40. The van der Waals surface area contributed by atoms with Crippen LogP contribution in [0.5, 0.6) is 0 Å². The molecule has 0 aliphatic carbocycles. The largest absolute Gasteiger partial charge is 0.365 e. The number of amides is 2. The molecule has 0 aromatic heterocycles. The molecular weight excluding hydrogens is 484 g/mol. The number of piperazine rings is 1. The van der Waals surface area contributed by atoms with E-state index in [9.17, 15) is 9.59 Å². The van der Waals surface area contributed by atoms with Gasteiger partial charge in [0.2, 0.25) is 5.91 Å². The van der Waals surface area contributed by atoms with Gasteiger partial charge in [-0.1, -0.05) is 68.8 Å². The summed E-state index contributed by atoms with van der Waals surface area (Å²) in [6.07, 6.45) is 0. The van der Waals surface area contributed by atoms with E-state index in [2.05, 4.69) is 39.5 Å². The Morgan fingerprint density at radius 1 is 1.00 bits per heavy atom. The summed E-state index contributed by atoms with van der Waals surface area (Å²) in [5, 5.41) is 6.68. The average Bonchev–Trinajstić information content (AvgIpc) is 2.98. The molecule has 1 unspecified atom stereocenters. The molecule has 7 heteroatoms. The van der Waals surface area contributed by atoms with E-state index in [1.165, 1.54) is 0 Å². The second-order valence-corrected chi connectivity index (χ2v) is 11.3. The van der Waals surface area contributed by atoms with Crippen LogP contribution in [0, 0.1) is 5.41 Å². The molecule has 0 radical (unpaired) electrons. The molecule has 3 aromatic carbocycles. The molecule has 6 nitrogen and oxygen atoms in total. The average molecular weight is 517 g/mol. The lowest BCUT2D eigenvalue weighted by molar-refractivity contribution is -0.123. The number of hydrogen-bond donors (Lipinski definition) is 2. The molecule has 1 fully saturated rings. The summed E-state index contributed by atoms with van der Waals surface area (Å²) in [5.74, 6) is -0.113. The number of nitrogens with zero attached hydrogens (tertiary/aromatic N) is 2. The molecule has 2 heterocycles. The van der Waals surface area contributed by atoms with Crippen molar-refractivity contribution in [1.82, 2.24) is 4.90 Å². The maximum Gasteiger partial charge on any atom is 0.256 e. The van der Waals surface area contributed by atoms with E-state index >= 15 is 0 Å². The van der Waals surface area contributed by atoms with Gasteiger partial charge in [0.25, 0.3) is 5.91 Å². The topological polar surface area (TPSA) is 64.7 Å². The highest BCUT2D eigenvalue weighted by molar-refractivity contribution is 6.33. The van der Waals surface area contributed by atoms with Crippen molar-refractivity contribution in [2.75, 3.05) is 35.2 Å². The maximum absolute atomic E-state index is 13.0. The van der Waals surface area contributed by atoms with Crippen LogP contribution >= 0.6 is 11.6 Å². The zero-order valence-corrected chi connectivity index (χ0v) is 22.5. The maximum atomic E-state index is 13.0. The predicted octanol–water partition coefficient (Wildman–Crippen LogP) is 6.19. The van der Waals surface area contributed by atoms with Crippen molar-refractivity contribution in [2.45, 2.75) is 39.8 Å². The van der Waals surface area contributed by atoms with E-state index in [1.54, 1.807) is 0 Å². The van der Waals surface area contributed by atoms with Crippen LogP contribution in [-0.2, 0) is 4.79 Å². The lowest BCUT2D eigenvalue weighted by Crippen LogP contribution is -2.53. The summed E-state index contributed by atoms with van der Waals surface area (Å²) in [4.78, 5) is 30.2. The Kier molecular flexibility index (Phi) is 6.73. The smallest absolute Gasteiger partial charge is 0.256 e. The third-order valence-corrected chi connectivity index (χ3v) is 7.53. The normalized spacial score (nSPS) is 19.9. The molecule has 2 atom stereocenters. The van der Waals surface area contributed by atoms with E-state index < -0.39 is 5.41 Å². The Morgan fingerprint density at radius 3 is 2.41 bits per heavy atom. The number of halogens is 1. The first-order valence-corrected chi connectivity index (χ1v) is 13.1. The summed E-state index contributed by atoms with van der Waals surface area (Å²) in [6, 6.07) is 21.9. The minimum absolute atomic E-state index is 0.0265. The fourth-order valence-electron chi connectivity index (χ4n) is 5.26. The SMILES string of the molecule is C[C@@H]1CN(C2c3ccccc3NC(=O)c3ccccc32)CCN1c1ccc(NC(=O)C(C)(C)C)cc1Cl. The molecule has 2 aliphatic heterocycles. The molecule has 0 saturated carbocycles. The molecule has 5 rings (SSSR count). The predicted molar refractivity (Wildman–Crippen MR) is 151 cm³/mol. The number of hydrogen-bond acceptors (Lipinski definition) is 4. The first-order chi connectivity index (χ1) is 17.6. The number of benzene rings is 3. The van der Waals surface area contributed by atoms with Gasteiger partial charge in [-0.15, -0.1) is 0 Å². The molecule has 2 aliphatic rings.